The van der Waals surface area contributed by atoms with Gasteiger partial charge in [-0.25, -0.2) is 0 Å². The maximum atomic E-state index is 12.9. The Morgan fingerprint density at radius 2 is 1.77 bits per heavy atom. The number of aryl methyl sites for hydroxylation is 1. The molecule has 7 nitrogen and oxygen atoms in total. The Hall–Kier alpha value is -2.03. The van der Waals surface area contributed by atoms with E-state index in [1.165, 1.54) is 0 Å². The molecule has 4 rings (SSSR count). The first-order valence-electron chi connectivity index (χ1n) is 14.1. The third kappa shape index (κ3) is 7.59. The molecule has 0 aliphatic carbocycles. The molecule has 2 aromatic rings. The van der Waals surface area contributed by atoms with Crippen molar-refractivity contribution in [2.45, 2.75) is 58.9 Å². The van der Waals surface area contributed by atoms with Crippen LogP contribution in [0, 0.1) is 0 Å². The zero-order valence-corrected chi connectivity index (χ0v) is 25.2. The van der Waals surface area contributed by atoms with Gasteiger partial charge >= 0.3 is 0 Å². The van der Waals surface area contributed by atoms with Gasteiger partial charge in [0.05, 0.1) is 28.0 Å². The van der Waals surface area contributed by atoms with Crippen molar-refractivity contribution in [1.82, 2.24) is 9.80 Å². The molecule has 0 aromatic heterocycles. The van der Waals surface area contributed by atoms with Crippen molar-refractivity contribution in [1.29, 1.82) is 0 Å². The Bertz CT molecular complexity index is 1110. The summed E-state index contributed by atoms with van der Waals surface area (Å²) in [5.41, 5.74) is 3.08. The van der Waals surface area contributed by atoms with Crippen LogP contribution in [0.1, 0.15) is 45.6 Å². The Kier molecular flexibility index (Phi) is 10.8. The molecule has 0 radical (unpaired) electrons. The van der Waals surface area contributed by atoms with Gasteiger partial charge in [-0.05, 0) is 77.0 Å². The van der Waals surface area contributed by atoms with Crippen molar-refractivity contribution >= 4 is 40.5 Å². The quantitative estimate of drug-likeness (QED) is 0.231. The maximum absolute atomic E-state index is 12.9. The van der Waals surface area contributed by atoms with E-state index in [1.807, 2.05) is 51.2 Å². The van der Waals surface area contributed by atoms with Crippen molar-refractivity contribution in [3.05, 3.63) is 52.0 Å². The molecule has 9 heteroatoms. The number of amides is 1. The van der Waals surface area contributed by atoms with Crippen LogP contribution < -0.4 is 14.5 Å². The first kappa shape index (κ1) is 29.9. The van der Waals surface area contributed by atoms with Crippen molar-refractivity contribution in [2.75, 3.05) is 62.7 Å². The number of rotatable bonds is 12. The van der Waals surface area contributed by atoms with Gasteiger partial charge in [-0.15, -0.1) is 0 Å². The molecule has 2 unspecified atom stereocenters. The van der Waals surface area contributed by atoms with Crippen molar-refractivity contribution < 1.29 is 14.3 Å². The first-order chi connectivity index (χ1) is 18.8. The van der Waals surface area contributed by atoms with Gasteiger partial charge < -0.3 is 14.4 Å². The third-order valence-corrected chi connectivity index (χ3v) is 8.66. The second kappa shape index (κ2) is 14.0. The lowest BCUT2D eigenvalue weighted by Crippen LogP contribution is -2.46. The number of benzene rings is 2. The fourth-order valence-electron chi connectivity index (χ4n) is 5.25. The van der Waals surface area contributed by atoms with Crippen LogP contribution >= 0.6 is 23.2 Å². The average Bonchev–Trinajstić information content (AvgIpc) is 2.94. The highest BCUT2D eigenvalue weighted by Crippen LogP contribution is 2.34. The minimum absolute atomic E-state index is 0.0831. The predicted octanol–water partition coefficient (Wildman–Crippen LogP) is 5.91. The van der Waals surface area contributed by atoms with Gasteiger partial charge in [0.25, 0.3) is 0 Å². The molecule has 214 valence electrons. The third-order valence-electron chi connectivity index (χ3n) is 7.85. The number of unbranched alkanes of at least 4 members (excludes halogenated alkanes) is 1. The molecule has 2 heterocycles. The number of hydrogen-bond acceptors (Lipinski definition) is 6. The summed E-state index contributed by atoms with van der Waals surface area (Å²) in [4.78, 5) is 21.6. The molecule has 0 spiro atoms. The molecule has 2 aromatic carbocycles. The lowest BCUT2D eigenvalue weighted by Gasteiger charge is -2.37. The molecule has 2 aliphatic heterocycles. The summed E-state index contributed by atoms with van der Waals surface area (Å²) in [6, 6.07) is 11.9. The van der Waals surface area contributed by atoms with Gasteiger partial charge in [-0.1, -0.05) is 42.3 Å². The summed E-state index contributed by atoms with van der Waals surface area (Å²) in [7, 11) is 2.02. The zero-order chi connectivity index (χ0) is 27.9. The predicted molar refractivity (Wildman–Crippen MR) is 160 cm³/mol. The number of hydrogen-bond donors (Lipinski definition) is 0. The minimum atomic E-state index is -0.355. The molecule has 0 bridgehead atoms. The van der Waals surface area contributed by atoms with E-state index in [4.69, 9.17) is 32.7 Å². The number of halogens is 2. The standard InChI is InChI=1S/C30H42Cl2N4O3/c1-5-33(4)22(2)39-23(3)36-28-21-25(13-11-24(28)12-14-29(36)37)38-20-7-6-15-34-16-18-35(19-17-34)27-10-8-9-26(31)30(27)32/h8-11,13,21-23H,5-7,12,14-20H2,1-4H3. The Balaban J connectivity index is 1.23. The fraction of sp³-hybridized carbons (Fsp3) is 0.567. The van der Waals surface area contributed by atoms with Crippen LogP contribution in [0.3, 0.4) is 0 Å². The van der Waals surface area contributed by atoms with E-state index in [9.17, 15) is 4.79 Å². The van der Waals surface area contributed by atoms with E-state index < -0.39 is 0 Å². The Morgan fingerprint density at radius 1 is 1.00 bits per heavy atom. The fourth-order valence-corrected chi connectivity index (χ4v) is 5.66. The molecule has 1 saturated heterocycles. The minimum Gasteiger partial charge on any atom is -0.494 e. The second-order valence-corrected chi connectivity index (χ2v) is 11.2. The molecular weight excluding hydrogens is 535 g/mol. The number of carbonyl (C=O) groups excluding carboxylic acids is 1. The Morgan fingerprint density at radius 3 is 2.51 bits per heavy atom. The average molecular weight is 578 g/mol. The SMILES string of the molecule is CCN(C)C(C)OC(C)N1C(=O)CCc2ccc(OCCCCN3CCN(c4cccc(Cl)c4Cl)CC3)cc21. The maximum Gasteiger partial charge on any atom is 0.229 e. The van der Waals surface area contributed by atoms with E-state index in [1.54, 1.807) is 4.90 Å². The smallest absolute Gasteiger partial charge is 0.229 e. The van der Waals surface area contributed by atoms with E-state index in [2.05, 4.69) is 27.7 Å². The number of fused-ring (bicyclic) bond motifs is 1. The van der Waals surface area contributed by atoms with Gasteiger partial charge in [-0.2, -0.15) is 0 Å². The van der Waals surface area contributed by atoms with Gasteiger partial charge in [0.1, 0.15) is 18.2 Å². The van der Waals surface area contributed by atoms with E-state index in [-0.39, 0.29) is 18.4 Å². The first-order valence-corrected chi connectivity index (χ1v) is 14.9. The summed E-state index contributed by atoms with van der Waals surface area (Å²) in [5, 5.41) is 1.24. The van der Waals surface area contributed by atoms with Gasteiger partial charge in [0.15, 0.2) is 0 Å². The highest BCUT2D eigenvalue weighted by molar-refractivity contribution is 6.43. The summed E-state index contributed by atoms with van der Waals surface area (Å²) in [6.07, 6.45) is 2.85. The number of piperazine rings is 1. The number of nitrogens with zero attached hydrogens (tertiary/aromatic N) is 4. The molecule has 2 aliphatic rings. The summed E-state index contributed by atoms with van der Waals surface area (Å²) >= 11 is 12.6. The topological polar surface area (TPSA) is 48.5 Å². The van der Waals surface area contributed by atoms with Crippen LogP contribution in [-0.2, 0) is 16.0 Å². The highest BCUT2D eigenvalue weighted by atomic mass is 35.5. The van der Waals surface area contributed by atoms with Crippen molar-refractivity contribution in [3.8, 4) is 5.75 Å². The summed E-state index contributed by atoms with van der Waals surface area (Å²) < 4.78 is 12.3. The molecule has 1 fully saturated rings. The largest absolute Gasteiger partial charge is 0.494 e. The summed E-state index contributed by atoms with van der Waals surface area (Å²) in [5.74, 6) is 0.891. The van der Waals surface area contributed by atoms with Crippen LogP contribution in [0.2, 0.25) is 10.0 Å². The van der Waals surface area contributed by atoms with E-state index in [0.717, 1.165) is 81.2 Å². The van der Waals surface area contributed by atoms with Gasteiger partial charge in [0.2, 0.25) is 5.91 Å². The molecular formula is C30H42Cl2N4O3. The van der Waals surface area contributed by atoms with Crippen LogP contribution in [-0.4, -0.2) is 81.1 Å². The summed E-state index contributed by atoms with van der Waals surface area (Å²) in [6.45, 7) is 12.5. The van der Waals surface area contributed by atoms with Crippen molar-refractivity contribution in [2.24, 2.45) is 0 Å². The number of anilines is 2. The normalized spacial score (nSPS) is 17.9. The number of carbonyl (C=O) groups is 1. The zero-order valence-electron chi connectivity index (χ0n) is 23.7. The highest BCUT2D eigenvalue weighted by Gasteiger charge is 2.30. The molecule has 0 N–H and O–H groups in total. The van der Waals surface area contributed by atoms with Crippen molar-refractivity contribution in [3.63, 3.8) is 0 Å². The van der Waals surface area contributed by atoms with E-state index in [0.29, 0.717) is 23.1 Å². The lowest BCUT2D eigenvalue weighted by molar-refractivity contribution is -0.125. The lowest BCUT2D eigenvalue weighted by atomic mass is 10.0. The molecule has 39 heavy (non-hydrogen) atoms. The van der Waals surface area contributed by atoms with Crippen LogP contribution in [0.5, 0.6) is 5.75 Å². The van der Waals surface area contributed by atoms with Crippen LogP contribution in [0.4, 0.5) is 11.4 Å². The molecule has 2 atom stereocenters. The second-order valence-electron chi connectivity index (χ2n) is 10.4. The van der Waals surface area contributed by atoms with Gasteiger partial charge in [-0.3, -0.25) is 19.5 Å². The molecule has 0 saturated carbocycles. The van der Waals surface area contributed by atoms with Crippen LogP contribution in [0.15, 0.2) is 36.4 Å². The Labute approximate surface area is 243 Å². The van der Waals surface area contributed by atoms with E-state index >= 15 is 0 Å². The van der Waals surface area contributed by atoms with Gasteiger partial charge in [0, 0.05) is 38.7 Å². The number of ether oxygens (including phenoxy) is 2. The molecule has 1 amide bonds. The van der Waals surface area contributed by atoms with Crippen LogP contribution in [0.25, 0.3) is 0 Å². The monoisotopic (exact) mass is 576 g/mol.